The van der Waals surface area contributed by atoms with Crippen LogP contribution in [-0.4, -0.2) is 21.7 Å². The molecule has 2 N–H and O–H groups in total. The highest BCUT2D eigenvalue weighted by Gasteiger charge is 2.18. The van der Waals surface area contributed by atoms with Crippen LogP contribution in [0.3, 0.4) is 0 Å². The van der Waals surface area contributed by atoms with Gasteiger partial charge < -0.3 is 15.0 Å². The molecule has 1 aliphatic heterocycles. The van der Waals surface area contributed by atoms with Gasteiger partial charge in [0.05, 0.1) is 11.4 Å². The molecule has 20 heavy (non-hydrogen) atoms. The van der Waals surface area contributed by atoms with Crippen LogP contribution in [0.1, 0.15) is 17.3 Å². The number of thiocarbonyl (C=S) groups is 1. The predicted molar refractivity (Wildman–Crippen MR) is 79.6 cm³/mol. The van der Waals surface area contributed by atoms with Gasteiger partial charge in [0.2, 0.25) is 11.7 Å². The number of aromatic nitrogens is 2. The van der Waals surface area contributed by atoms with Crippen LogP contribution in [0.4, 0.5) is 0 Å². The molecule has 0 radical (unpaired) electrons. The van der Waals surface area contributed by atoms with E-state index in [0.29, 0.717) is 34.8 Å². The number of halogens is 1. The van der Waals surface area contributed by atoms with Crippen molar-refractivity contribution in [3.05, 3.63) is 40.5 Å². The topological polar surface area (TPSA) is 74.2 Å². The summed E-state index contributed by atoms with van der Waals surface area (Å²) in [5.41, 5.74) is 7.15. The lowest BCUT2D eigenvalue weighted by Gasteiger charge is -2.16. The maximum absolute atomic E-state index is 5.97. The fourth-order valence-corrected chi connectivity index (χ4v) is 2.19. The van der Waals surface area contributed by atoms with Crippen LogP contribution in [0.15, 0.2) is 22.7 Å². The highest BCUT2D eigenvalue weighted by atomic mass is 35.5. The molecule has 5 nitrogen and oxygen atoms in total. The van der Waals surface area contributed by atoms with Crippen molar-refractivity contribution >= 4 is 40.5 Å². The molecule has 2 heterocycles. The van der Waals surface area contributed by atoms with E-state index in [-0.39, 0.29) is 0 Å². The van der Waals surface area contributed by atoms with Gasteiger partial charge in [0, 0.05) is 16.2 Å². The van der Waals surface area contributed by atoms with Crippen molar-refractivity contribution in [2.75, 3.05) is 6.61 Å². The Labute approximate surface area is 125 Å². The number of benzene rings is 1. The van der Waals surface area contributed by atoms with Crippen LogP contribution in [0.25, 0.3) is 11.6 Å². The van der Waals surface area contributed by atoms with E-state index in [1.165, 1.54) is 0 Å². The van der Waals surface area contributed by atoms with Gasteiger partial charge in [-0.15, -0.1) is 0 Å². The quantitative estimate of drug-likeness (QED) is 0.878. The molecule has 102 valence electrons. The van der Waals surface area contributed by atoms with Gasteiger partial charge in [-0.3, -0.25) is 0 Å². The normalized spacial score (nSPS) is 13.3. The van der Waals surface area contributed by atoms with Gasteiger partial charge in [-0.1, -0.05) is 29.0 Å². The van der Waals surface area contributed by atoms with Crippen molar-refractivity contribution in [2.24, 2.45) is 5.73 Å². The average Bonchev–Trinajstić information content (AvgIpc) is 2.85. The summed E-state index contributed by atoms with van der Waals surface area (Å²) in [7, 11) is 0. The molecule has 0 unspecified atom stereocenters. The summed E-state index contributed by atoms with van der Waals surface area (Å²) in [5, 5.41) is 4.55. The molecule has 1 aliphatic rings. The molecule has 1 aromatic heterocycles. The Balaban J connectivity index is 1.91. The van der Waals surface area contributed by atoms with Crippen molar-refractivity contribution < 1.29 is 9.26 Å². The Bertz CT molecular complexity index is 711. The first kappa shape index (κ1) is 13.1. The van der Waals surface area contributed by atoms with Crippen LogP contribution >= 0.6 is 23.8 Å². The zero-order valence-electron chi connectivity index (χ0n) is 10.3. The van der Waals surface area contributed by atoms with Crippen molar-refractivity contribution in [1.82, 2.24) is 10.1 Å². The Morgan fingerprint density at radius 3 is 3.10 bits per heavy atom. The molecule has 1 aromatic carbocycles. The van der Waals surface area contributed by atoms with Crippen LogP contribution < -0.4 is 10.5 Å². The highest BCUT2D eigenvalue weighted by molar-refractivity contribution is 7.80. The second-order valence-corrected chi connectivity index (χ2v) is 5.26. The van der Waals surface area contributed by atoms with E-state index in [9.17, 15) is 0 Å². The van der Waals surface area contributed by atoms with Crippen molar-refractivity contribution in [2.45, 2.75) is 6.42 Å². The van der Waals surface area contributed by atoms with Gasteiger partial charge in [0.15, 0.2) is 0 Å². The highest BCUT2D eigenvalue weighted by Crippen LogP contribution is 2.31. The number of hydrogen-bond donors (Lipinski definition) is 1. The number of nitrogens with zero attached hydrogens (tertiary/aromatic N) is 2. The number of rotatable bonds is 3. The van der Waals surface area contributed by atoms with E-state index < -0.39 is 0 Å². The summed E-state index contributed by atoms with van der Waals surface area (Å²) in [6.45, 7) is 0.376. The van der Waals surface area contributed by atoms with Crippen LogP contribution in [-0.2, 0) is 6.42 Å². The molecule has 0 amide bonds. The molecular formula is C13H10ClN3O2S. The van der Waals surface area contributed by atoms with Crippen molar-refractivity contribution in [3.63, 3.8) is 0 Å². The van der Waals surface area contributed by atoms with Crippen molar-refractivity contribution in [3.8, 4) is 5.75 Å². The van der Waals surface area contributed by atoms with Gasteiger partial charge in [0.1, 0.15) is 12.4 Å². The second kappa shape index (κ2) is 5.22. The SMILES string of the molecule is NC(=S)Cc1nc(C2=Cc3cc(Cl)ccc3OC2)no1. The van der Waals surface area contributed by atoms with E-state index in [0.717, 1.165) is 16.9 Å². The Morgan fingerprint density at radius 1 is 1.45 bits per heavy atom. The first-order valence-corrected chi connectivity index (χ1v) is 6.64. The lowest BCUT2D eigenvalue weighted by molar-refractivity contribution is 0.361. The lowest BCUT2D eigenvalue weighted by Crippen LogP contribution is -2.11. The van der Waals surface area contributed by atoms with E-state index in [1.54, 1.807) is 6.07 Å². The van der Waals surface area contributed by atoms with Crippen LogP contribution in [0, 0.1) is 0 Å². The Hall–Kier alpha value is -1.92. The summed E-state index contributed by atoms with van der Waals surface area (Å²) in [6.07, 6.45) is 2.22. The maximum Gasteiger partial charge on any atom is 0.233 e. The summed E-state index contributed by atoms with van der Waals surface area (Å²) >= 11 is 10.8. The third-order valence-electron chi connectivity index (χ3n) is 2.77. The minimum absolute atomic E-state index is 0.291. The van der Waals surface area contributed by atoms with Gasteiger partial charge in [0.25, 0.3) is 0 Å². The molecular weight excluding hydrogens is 298 g/mol. The molecule has 2 aromatic rings. The molecule has 0 bridgehead atoms. The Morgan fingerprint density at radius 2 is 2.30 bits per heavy atom. The molecule has 7 heteroatoms. The smallest absolute Gasteiger partial charge is 0.233 e. The third-order valence-corrected chi connectivity index (χ3v) is 3.14. The van der Waals surface area contributed by atoms with Gasteiger partial charge >= 0.3 is 0 Å². The summed E-state index contributed by atoms with van der Waals surface area (Å²) in [6, 6.07) is 5.44. The Kier molecular flexibility index (Phi) is 3.42. The monoisotopic (exact) mass is 307 g/mol. The molecule has 0 saturated heterocycles. The molecule has 0 atom stereocenters. The van der Waals surface area contributed by atoms with E-state index in [4.69, 9.17) is 38.8 Å². The number of nitrogens with two attached hydrogens (primary N) is 1. The summed E-state index contributed by atoms with van der Waals surface area (Å²) in [5.74, 6) is 1.65. The third kappa shape index (κ3) is 2.66. The molecule has 0 saturated carbocycles. The second-order valence-electron chi connectivity index (χ2n) is 4.30. The van der Waals surface area contributed by atoms with Crippen LogP contribution in [0.2, 0.25) is 5.02 Å². The average molecular weight is 308 g/mol. The van der Waals surface area contributed by atoms with Gasteiger partial charge in [-0.25, -0.2) is 0 Å². The predicted octanol–water partition coefficient (Wildman–Crippen LogP) is 2.48. The van der Waals surface area contributed by atoms with E-state index in [2.05, 4.69) is 10.1 Å². The summed E-state index contributed by atoms with van der Waals surface area (Å²) in [4.78, 5) is 4.55. The van der Waals surface area contributed by atoms with Gasteiger partial charge in [-0.05, 0) is 24.3 Å². The zero-order valence-corrected chi connectivity index (χ0v) is 11.9. The molecule has 0 aliphatic carbocycles. The standard InChI is InChI=1S/C13H10ClN3O2S/c14-9-1-2-10-7(4-9)3-8(6-18-10)13-16-12(19-17-13)5-11(15)20/h1-4H,5-6H2,(H2,15,20). The van der Waals surface area contributed by atoms with E-state index >= 15 is 0 Å². The zero-order chi connectivity index (χ0) is 14.1. The number of hydrogen-bond acceptors (Lipinski definition) is 5. The first-order valence-electron chi connectivity index (χ1n) is 5.86. The lowest BCUT2D eigenvalue weighted by atomic mass is 10.1. The van der Waals surface area contributed by atoms with Crippen LogP contribution in [0.5, 0.6) is 5.75 Å². The minimum atomic E-state index is 0.291. The van der Waals surface area contributed by atoms with Gasteiger partial charge in [-0.2, -0.15) is 4.98 Å². The minimum Gasteiger partial charge on any atom is -0.488 e. The first-order chi connectivity index (χ1) is 9.61. The van der Waals surface area contributed by atoms with Crippen molar-refractivity contribution in [1.29, 1.82) is 0 Å². The number of fused-ring (bicyclic) bond motifs is 1. The molecule has 3 rings (SSSR count). The largest absolute Gasteiger partial charge is 0.488 e. The van der Waals surface area contributed by atoms with E-state index in [1.807, 2.05) is 18.2 Å². The summed E-state index contributed by atoms with van der Waals surface area (Å²) < 4.78 is 10.7. The fraction of sp³-hybridized carbons (Fsp3) is 0.154. The molecule has 0 spiro atoms. The maximum atomic E-state index is 5.97. The fourth-order valence-electron chi connectivity index (χ4n) is 1.88. The number of ether oxygens (including phenoxy) is 1. The molecule has 0 fully saturated rings.